The van der Waals surface area contributed by atoms with Gasteiger partial charge in [-0.05, 0) is 62.2 Å². The molecule has 2 rings (SSSR count). The zero-order valence-corrected chi connectivity index (χ0v) is 19.3. The van der Waals surface area contributed by atoms with E-state index in [1.165, 1.54) is 36.4 Å². The summed E-state index contributed by atoms with van der Waals surface area (Å²) in [5.74, 6) is -0.267. The molecule has 0 fully saturated rings. The highest BCUT2D eigenvalue weighted by Crippen LogP contribution is 2.35. The van der Waals surface area contributed by atoms with Crippen molar-refractivity contribution in [2.45, 2.75) is 30.7 Å². The van der Waals surface area contributed by atoms with Crippen LogP contribution in [0.5, 0.6) is 0 Å². The van der Waals surface area contributed by atoms with Crippen molar-refractivity contribution < 1.29 is 16.8 Å². The van der Waals surface area contributed by atoms with E-state index in [0.717, 1.165) is 4.31 Å². The van der Waals surface area contributed by atoms with Crippen LogP contribution in [0.4, 0.5) is 5.69 Å². The van der Waals surface area contributed by atoms with E-state index < -0.39 is 25.1 Å². The largest absolute Gasteiger partial charge is 0.264 e. The first-order valence-electron chi connectivity index (χ1n) is 8.09. The van der Waals surface area contributed by atoms with Crippen molar-refractivity contribution in [1.29, 1.82) is 0 Å². The summed E-state index contributed by atoms with van der Waals surface area (Å²) in [6.07, 6.45) is 0.416. The second kappa shape index (κ2) is 9.41. The monoisotopic (exact) mass is 503 g/mol. The molecule has 0 saturated carbocycles. The molecule has 0 radical (unpaired) electrons. The number of rotatable bonds is 8. The molecule has 2 aromatic carbocycles. The highest BCUT2D eigenvalue weighted by atomic mass is 35.7. The average Bonchev–Trinajstić information content (AvgIpc) is 2.57. The predicted octanol–water partition coefficient (Wildman–Crippen LogP) is 5.58. The minimum absolute atomic E-state index is 0.0183. The summed E-state index contributed by atoms with van der Waals surface area (Å²) in [7, 11) is -2.45. The van der Waals surface area contributed by atoms with Gasteiger partial charge < -0.3 is 0 Å². The molecule has 0 bridgehead atoms. The molecule has 2 aromatic rings. The maximum absolute atomic E-state index is 13.3. The van der Waals surface area contributed by atoms with E-state index in [0.29, 0.717) is 10.0 Å². The van der Waals surface area contributed by atoms with Crippen molar-refractivity contribution in [2.24, 2.45) is 0 Å². The number of anilines is 1. The fourth-order valence-electron chi connectivity index (χ4n) is 2.65. The van der Waals surface area contributed by atoms with Crippen molar-refractivity contribution in [2.75, 3.05) is 10.1 Å². The standard InChI is InChI=1S/C17H17Cl4NO4S2/c1-12(3-2-10-27(21,23)24)22(17-11-14(19)6-9-16(17)20)28(25,26)15-7-4-13(18)5-8-15/h4-9,11-12H,2-3,10H2,1H3/t12-/m1/s1. The average molecular weight is 505 g/mol. The SMILES string of the molecule is C[C@H](CCCS(=O)(=O)Cl)N(c1cc(Cl)ccc1Cl)S(=O)(=O)c1ccc(Cl)cc1. The summed E-state index contributed by atoms with van der Waals surface area (Å²) in [5.41, 5.74) is 0.199. The zero-order valence-electron chi connectivity index (χ0n) is 14.6. The summed E-state index contributed by atoms with van der Waals surface area (Å²) in [4.78, 5) is 0.0183. The van der Waals surface area contributed by atoms with E-state index >= 15 is 0 Å². The molecule has 0 amide bonds. The summed E-state index contributed by atoms with van der Waals surface area (Å²) in [6, 6.07) is 9.60. The lowest BCUT2D eigenvalue weighted by atomic mass is 10.2. The fraction of sp³-hybridized carbons (Fsp3) is 0.294. The summed E-state index contributed by atoms with van der Waals surface area (Å²) in [5, 5.41) is 0.900. The van der Waals surface area contributed by atoms with E-state index in [-0.39, 0.29) is 34.2 Å². The van der Waals surface area contributed by atoms with Crippen LogP contribution in [-0.4, -0.2) is 28.6 Å². The molecule has 0 aliphatic heterocycles. The van der Waals surface area contributed by atoms with Gasteiger partial charge in [-0.3, -0.25) is 4.31 Å². The van der Waals surface area contributed by atoms with Crippen molar-refractivity contribution in [3.8, 4) is 0 Å². The molecule has 0 saturated heterocycles. The van der Waals surface area contributed by atoms with Crippen LogP contribution in [0.15, 0.2) is 47.4 Å². The van der Waals surface area contributed by atoms with E-state index in [4.69, 9.17) is 45.5 Å². The van der Waals surface area contributed by atoms with Crippen LogP contribution in [-0.2, 0) is 19.1 Å². The van der Waals surface area contributed by atoms with Crippen molar-refractivity contribution in [3.63, 3.8) is 0 Å². The lowest BCUT2D eigenvalue weighted by Gasteiger charge is -2.31. The Labute approximate surface area is 184 Å². The third-order valence-electron chi connectivity index (χ3n) is 3.93. The van der Waals surface area contributed by atoms with Gasteiger partial charge in [-0.15, -0.1) is 0 Å². The second-order valence-corrected chi connectivity index (χ2v) is 12.1. The highest BCUT2D eigenvalue weighted by molar-refractivity contribution is 8.13. The zero-order chi connectivity index (χ0) is 21.1. The van der Waals surface area contributed by atoms with E-state index in [2.05, 4.69) is 0 Å². The van der Waals surface area contributed by atoms with Gasteiger partial charge in [-0.2, -0.15) is 0 Å². The van der Waals surface area contributed by atoms with Gasteiger partial charge in [0.25, 0.3) is 10.0 Å². The summed E-state index contributed by atoms with van der Waals surface area (Å²) >= 11 is 18.2. The third kappa shape index (κ3) is 6.15. The molecule has 0 N–H and O–H groups in total. The van der Waals surface area contributed by atoms with Crippen LogP contribution in [0.3, 0.4) is 0 Å². The molecule has 1 atom stereocenters. The summed E-state index contributed by atoms with van der Waals surface area (Å²) in [6.45, 7) is 1.66. The highest BCUT2D eigenvalue weighted by Gasteiger charge is 2.31. The van der Waals surface area contributed by atoms with Crippen LogP contribution in [0, 0.1) is 0 Å². The fourth-order valence-corrected chi connectivity index (χ4v) is 5.73. The summed E-state index contributed by atoms with van der Waals surface area (Å²) < 4.78 is 50.2. The number of hydrogen-bond acceptors (Lipinski definition) is 4. The number of sulfonamides is 1. The first kappa shape index (κ1) is 23.6. The quantitative estimate of drug-likeness (QED) is 0.440. The first-order chi connectivity index (χ1) is 12.9. The Morgan fingerprint density at radius 2 is 1.50 bits per heavy atom. The molecule has 5 nitrogen and oxygen atoms in total. The van der Waals surface area contributed by atoms with E-state index in [1.54, 1.807) is 13.0 Å². The lowest BCUT2D eigenvalue weighted by Crippen LogP contribution is -2.39. The lowest BCUT2D eigenvalue weighted by molar-refractivity contribution is 0.567. The number of halogens is 4. The van der Waals surface area contributed by atoms with Crippen molar-refractivity contribution in [1.82, 2.24) is 0 Å². The topological polar surface area (TPSA) is 71.5 Å². The van der Waals surface area contributed by atoms with Crippen molar-refractivity contribution in [3.05, 3.63) is 57.5 Å². The Morgan fingerprint density at radius 1 is 0.929 bits per heavy atom. The van der Waals surface area contributed by atoms with Gasteiger partial charge in [0.2, 0.25) is 9.05 Å². The molecule has 154 valence electrons. The van der Waals surface area contributed by atoms with E-state index in [9.17, 15) is 16.8 Å². The van der Waals surface area contributed by atoms with Crippen molar-refractivity contribution >= 4 is 70.2 Å². The maximum atomic E-state index is 13.3. The van der Waals surface area contributed by atoms with Gasteiger partial charge in [0.05, 0.1) is 21.4 Å². The van der Waals surface area contributed by atoms with Gasteiger partial charge in [0.1, 0.15) is 0 Å². The van der Waals surface area contributed by atoms with Gasteiger partial charge in [-0.1, -0.05) is 34.8 Å². The van der Waals surface area contributed by atoms with Crippen LogP contribution in [0.2, 0.25) is 15.1 Å². The normalized spacial score (nSPS) is 13.3. The molecule has 0 aliphatic carbocycles. The van der Waals surface area contributed by atoms with Crippen LogP contribution in [0.25, 0.3) is 0 Å². The molecule has 0 aliphatic rings. The van der Waals surface area contributed by atoms with Crippen LogP contribution >= 0.6 is 45.5 Å². The number of benzene rings is 2. The smallest absolute Gasteiger partial charge is 0.262 e. The maximum Gasteiger partial charge on any atom is 0.264 e. The molecule has 0 heterocycles. The molecule has 0 spiro atoms. The van der Waals surface area contributed by atoms with E-state index in [1.807, 2.05) is 0 Å². The minimum Gasteiger partial charge on any atom is -0.262 e. The molecule has 11 heteroatoms. The van der Waals surface area contributed by atoms with Gasteiger partial charge in [0.15, 0.2) is 0 Å². The molecule has 28 heavy (non-hydrogen) atoms. The Kier molecular flexibility index (Phi) is 7.92. The Balaban J connectivity index is 2.49. The number of nitrogens with zero attached hydrogens (tertiary/aromatic N) is 1. The first-order valence-corrected chi connectivity index (χ1v) is 13.1. The van der Waals surface area contributed by atoms with Crippen LogP contribution < -0.4 is 4.31 Å². The second-order valence-electron chi connectivity index (χ2n) is 6.08. The Hall–Kier alpha value is -0.700. The number of hydrogen-bond donors (Lipinski definition) is 0. The van der Waals surface area contributed by atoms with Crippen LogP contribution in [0.1, 0.15) is 19.8 Å². The molecule has 0 aromatic heterocycles. The van der Waals surface area contributed by atoms with Gasteiger partial charge >= 0.3 is 0 Å². The minimum atomic E-state index is -4.03. The predicted molar refractivity (Wildman–Crippen MR) is 116 cm³/mol. The molecular weight excluding hydrogens is 488 g/mol. The Morgan fingerprint density at radius 3 is 2.07 bits per heavy atom. The molecular formula is C17H17Cl4NO4S2. The van der Waals surface area contributed by atoms with Gasteiger partial charge in [0, 0.05) is 26.8 Å². The van der Waals surface area contributed by atoms with Gasteiger partial charge in [-0.25, -0.2) is 16.8 Å². The Bertz CT molecular complexity index is 1040. The molecule has 0 unspecified atom stereocenters. The third-order valence-corrected chi connectivity index (χ3v) is 7.91.